The van der Waals surface area contributed by atoms with Crippen molar-refractivity contribution in [2.45, 2.75) is 12.7 Å². The molecule has 0 amide bonds. The molecule has 0 bridgehead atoms. The number of thiazole rings is 1. The van der Waals surface area contributed by atoms with E-state index in [4.69, 9.17) is 5.73 Å². The fourth-order valence-electron chi connectivity index (χ4n) is 1.31. The van der Waals surface area contributed by atoms with Crippen LogP contribution >= 0.6 is 11.3 Å². The van der Waals surface area contributed by atoms with Crippen molar-refractivity contribution in [2.75, 3.05) is 11.1 Å². The number of hydrogen-bond donors (Lipinski definition) is 2. The molecule has 96 valence electrons. The predicted molar refractivity (Wildman–Crippen MR) is 63.1 cm³/mol. The van der Waals surface area contributed by atoms with Crippen molar-refractivity contribution in [1.29, 1.82) is 0 Å². The number of nitrogens with zero attached hydrogens (tertiary/aromatic N) is 2. The van der Waals surface area contributed by atoms with E-state index in [1.807, 2.05) is 0 Å². The monoisotopic (exact) mass is 274 g/mol. The van der Waals surface area contributed by atoms with Crippen LogP contribution < -0.4 is 11.1 Å². The Bertz CT molecular complexity index is 524. The van der Waals surface area contributed by atoms with Crippen molar-refractivity contribution in [3.8, 4) is 0 Å². The van der Waals surface area contributed by atoms with Gasteiger partial charge in [-0.3, -0.25) is 0 Å². The molecule has 0 unspecified atom stereocenters. The molecule has 0 aliphatic rings. The Kier molecular flexibility index (Phi) is 3.37. The Morgan fingerprint density at radius 1 is 1.33 bits per heavy atom. The molecule has 0 aliphatic heterocycles. The van der Waals surface area contributed by atoms with Gasteiger partial charge in [-0.05, 0) is 12.1 Å². The third-order valence-corrected chi connectivity index (χ3v) is 2.74. The zero-order valence-corrected chi connectivity index (χ0v) is 9.85. The maximum Gasteiger partial charge on any atom is 0.416 e. The summed E-state index contributed by atoms with van der Waals surface area (Å²) in [6, 6.07) is 1.72. The molecule has 2 aromatic heterocycles. The number of pyridine rings is 1. The summed E-state index contributed by atoms with van der Waals surface area (Å²) >= 11 is 1.41. The van der Waals surface area contributed by atoms with Crippen molar-refractivity contribution < 1.29 is 13.2 Å². The predicted octanol–water partition coefficient (Wildman–Crippen LogP) is 2.75. The second kappa shape index (κ2) is 4.81. The van der Waals surface area contributed by atoms with E-state index in [-0.39, 0.29) is 11.6 Å². The molecule has 8 heteroatoms. The zero-order chi connectivity index (χ0) is 13.2. The molecule has 2 heterocycles. The van der Waals surface area contributed by atoms with E-state index in [1.54, 1.807) is 10.9 Å². The van der Waals surface area contributed by atoms with Gasteiger partial charge in [-0.2, -0.15) is 13.2 Å². The standard InChI is InChI=1S/C10H9F3N4S/c11-10(12,13)6-1-8(14)17-9(2-6)15-3-7-4-18-5-16-7/h1-2,4-5H,3H2,(H3,14,15,17). The van der Waals surface area contributed by atoms with Gasteiger partial charge in [0.25, 0.3) is 0 Å². The Morgan fingerprint density at radius 2 is 2.11 bits per heavy atom. The first-order valence-corrected chi connectivity index (χ1v) is 5.85. The largest absolute Gasteiger partial charge is 0.416 e. The van der Waals surface area contributed by atoms with Crippen LogP contribution in [0.25, 0.3) is 0 Å². The molecule has 2 aromatic rings. The number of nitrogens with two attached hydrogens (primary N) is 1. The number of nitrogens with one attached hydrogen (secondary N) is 1. The van der Waals surface area contributed by atoms with E-state index in [9.17, 15) is 13.2 Å². The number of rotatable bonds is 3. The van der Waals surface area contributed by atoms with Crippen LogP contribution in [0.1, 0.15) is 11.3 Å². The first kappa shape index (κ1) is 12.6. The lowest BCUT2D eigenvalue weighted by Crippen LogP contribution is -2.09. The summed E-state index contributed by atoms with van der Waals surface area (Å²) in [7, 11) is 0. The van der Waals surface area contributed by atoms with Gasteiger partial charge in [0.2, 0.25) is 0 Å². The molecule has 0 atom stereocenters. The summed E-state index contributed by atoms with van der Waals surface area (Å²) in [4.78, 5) is 7.79. The molecule has 0 aromatic carbocycles. The number of alkyl halides is 3. The van der Waals surface area contributed by atoms with Crippen LogP contribution in [0.15, 0.2) is 23.0 Å². The molecule has 0 spiro atoms. The highest BCUT2D eigenvalue weighted by Gasteiger charge is 2.31. The van der Waals surface area contributed by atoms with Gasteiger partial charge in [-0.15, -0.1) is 11.3 Å². The first-order valence-electron chi connectivity index (χ1n) is 4.91. The summed E-state index contributed by atoms with van der Waals surface area (Å²) in [6.45, 7) is 0.303. The average molecular weight is 274 g/mol. The maximum atomic E-state index is 12.5. The highest BCUT2D eigenvalue weighted by atomic mass is 32.1. The fraction of sp³-hybridized carbons (Fsp3) is 0.200. The van der Waals surface area contributed by atoms with Gasteiger partial charge in [-0.25, -0.2) is 9.97 Å². The smallest absolute Gasteiger partial charge is 0.384 e. The molecule has 0 aliphatic carbocycles. The van der Waals surface area contributed by atoms with E-state index in [2.05, 4.69) is 15.3 Å². The third kappa shape index (κ3) is 3.10. The Hall–Kier alpha value is -1.83. The molecule has 0 radical (unpaired) electrons. The van der Waals surface area contributed by atoms with Crippen LogP contribution in [-0.4, -0.2) is 9.97 Å². The van der Waals surface area contributed by atoms with Gasteiger partial charge < -0.3 is 11.1 Å². The molecule has 18 heavy (non-hydrogen) atoms. The summed E-state index contributed by atoms with van der Waals surface area (Å²) < 4.78 is 37.6. The van der Waals surface area contributed by atoms with E-state index in [0.29, 0.717) is 6.54 Å². The average Bonchev–Trinajstić information content (AvgIpc) is 2.77. The second-order valence-electron chi connectivity index (χ2n) is 3.50. The van der Waals surface area contributed by atoms with Crippen LogP contribution in [0.5, 0.6) is 0 Å². The van der Waals surface area contributed by atoms with Gasteiger partial charge in [-0.1, -0.05) is 0 Å². The SMILES string of the molecule is Nc1cc(C(F)(F)F)cc(NCc2cscn2)n1. The Balaban J connectivity index is 2.15. The van der Waals surface area contributed by atoms with Crippen LogP contribution in [0.4, 0.5) is 24.8 Å². The van der Waals surface area contributed by atoms with Crippen molar-refractivity contribution in [3.05, 3.63) is 34.3 Å². The molecule has 0 saturated heterocycles. The molecule has 3 N–H and O–H groups in total. The topological polar surface area (TPSA) is 63.8 Å². The summed E-state index contributed by atoms with van der Waals surface area (Å²) in [5.74, 6) is -0.0964. The lowest BCUT2D eigenvalue weighted by atomic mass is 10.2. The van der Waals surface area contributed by atoms with E-state index in [1.165, 1.54) is 11.3 Å². The molecule has 4 nitrogen and oxygen atoms in total. The molecule has 0 saturated carbocycles. The normalized spacial score (nSPS) is 11.5. The molecule has 2 rings (SSSR count). The maximum absolute atomic E-state index is 12.5. The van der Waals surface area contributed by atoms with Crippen LogP contribution in [0.2, 0.25) is 0 Å². The van der Waals surface area contributed by atoms with Gasteiger partial charge >= 0.3 is 6.18 Å². The van der Waals surface area contributed by atoms with Gasteiger partial charge in [0.05, 0.1) is 23.3 Å². The first-order chi connectivity index (χ1) is 8.45. The van der Waals surface area contributed by atoms with Crippen LogP contribution in [0, 0.1) is 0 Å². The minimum Gasteiger partial charge on any atom is -0.384 e. The van der Waals surface area contributed by atoms with Crippen molar-refractivity contribution in [2.24, 2.45) is 0 Å². The summed E-state index contributed by atoms with van der Waals surface area (Å²) in [5.41, 5.74) is 6.89. The lowest BCUT2D eigenvalue weighted by molar-refractivity contribution is -0.137. The minimum absolute atomic E-state index is 0.0790. The molecule has 0 fully saturated rings. The summed E-state index contributed by atoms with van der Waals surface area (Å²) in [6.07, 6.45) is -4.44. The van der Waals surface area contributed by atoms with Crippen LogP contribution in [0.3, 0.4) is 0 Å². The highest BCUT2D eigenvalue weighted by molar-refractivity contribution is 7.07. The van der Waals surface area contributed by atoms with Crippen molar-refractivity contribution in [3.63, 3.8) is 0 Å². The van der Waals surface area contributed by atoms with Gasteiger partial charge in [0, 0.05) is 5.38 Å². The third-order valence-electron chi connectivity index (χ3n) is 2.11. The van der Waals surface area contributed by atoms with Crippen molar-refractivity contribution in [1.82, 2.24) is 9.97 Å². The van der Waals surface area contributed by atoms with Gasteiger partial charge in [0.15, 0.2) is 0 Å². The van der Waals surface area contributed by atoms with Crippen LogP contribution in [-0.2, 0) is 12.7 Å². The quantitative estimate of drug-likeness (QED) is 0.903. The number of anilines is 2. The van der Waals surface area contributed by atoms with Crippen molar-refractivity contribution >= 4 is 23.0 Å². The molecular weight excluding hydrogens is 265 g/mol. The minimum atomic E-state index is -4.44. The Labute approximate surface area is 105 Å². The fourth-order valence-corrected chi connectivity index (χ4v) is 1.87. The van der Waals surface area contributed by atoms with E-state index in [0.717, 1.165) is 17.8 Å². The zero-order valence-electron chi connectivity index (χ0n) is 9.03. The number of halogens is 3. The number of aromatic nitrogens is 2. The Morgan fingerprint density at radius 3 is 2.72 bits per heavy atom. The number of hydrogen-bond acceptors (Lipinski definition) is 5. The van der Waals surface area contributed by atoms with E-state index < -0.39 is 11.7 Å². The lowest BCUT2D eigenvalue weighted by Gasteiger charge is -2.10. The highest BCUT2D eigenvalue weighted by Crippen LogP contribution is 2.31. The van der Waals surface area contributed by atoms with Gasteiger partial charge in [0.1, 0.15) is 11.6 Å². The number of nitrogen functional groups attached to an aromatic ring is 1. The molecular formula is C10H9F3N4S. The second-order valence-corrected chi connectivity index (χ2v) is 4.22. The summed E-state index contributed by atoms with van der Waals surface area (Å²) in [5, 5.41) is 4.55. The van der Waals surface area contributed by atoms with E-state index >= 15 is 0 Å².